The summed E-state index contributed by atoms with van der Waals surface area (Å²) in [5.74, 6) is -3.08. The first kappa shape index (κ1) is 31.0. The molecule has 2 N–H and O–H groups in total. The molecule has 0 aromatic rings. The predicted octanol–water partition coefficient (Wildman–Crippen LogP) is 6.53. The van der Waals surface area contributed by atoms with Gasteiger partial charge in [-0.1, -0.05) is 77.6 Å². The van der Waals surface area contributed by atoms with E-state index in [1.165, 1.54) is 51.4 Å². The molecule has 0 saturated carbocycles. The highest BCUT2D eigenvalue weighted by Crippen LogP contribution is 2.28. The topological polar surface area (TPSA) is 61.8 Å². The van der Waals surface area contributed by atoms with Gasteiger partial charge in [0.2, 0.25) is 0 Å². The highest BCUT2D eigenvalue weighted by Gasteiger charge is 2.36. The van der Waals surface area contributed by atoms with Gasteiger partial charge < -0.3 is 20.1 Å². The van der Waals surface area contributed by atoms with Gasteiger partial charge >= 0.3 is 6.09 Å². The fourth-order valence-corrected chi connectivity index (χ4v) is 3.66. The first-order chi connectivity index (χ1) is 15.3. The van der Waals surface area contributed by atoms with Gasteiger partial charge in [0.15, 0.2) is 0 Å². The van der Waals surface area contributed by atoms with Gasteiger partial charge in [0.25, 0.3) is 5.92 Å². The van der Waals surface area contributed by atoms with Gasteiger partial charge in [-0.25, -0.2) is 13.6 Å². The Balaban J connectivity index is 3.61. The van der Waals surface area contributed by atoms with Crippen LogP contribution in [0.1, 0.15) is 110 Å². The Bertz CT molecular complexity index is 437. The lowest BCUT2D eigenvalue weighted by atomic mass is 10.00. The first-order valence-corrected chi connectivity index (χ1v) is 12.9. The van der Waals surface area contributed by atoms with Crippen molar-refractivity contribution in [1.82, 2.24) is 10.2 Å². The summed E-state index contributed by atoms with van der Waals surface area (Å²) in [4.78, 5) is 13.5. The van der Waals surface area contributed by atoms with E-state index in [9.17, 15) is 18.7 Å². The standard InChI is InChI=1S/C25H50F2N2O3/c1-4-5-6-7-8-9-10-11-12-13-14-15-19-25(26,27)23(30)18-16-22-32-24(31)28-20-17-21-29(2)3/h23,30H,4-22H2,1-3H3,(H,28,31). The lowest BCUT2D eigenvalue weighted by molar-refractivity contribution is -0.118. The summed E-state index contributed by atoms with van der Waals surface area (Å²) in [6.45, 7) is 3.63. The Morgan fingerprint density at radius 1 is 0.906 bits per heavy atom. The summed E-state index contributed by atoms with van der Waals surface area (Å²) >= 11 is 0. The van der Waals surface area contributed by atoms with Gasteiger partial charge in [0.05, 0.1) is 6.61 Å². The number of alkyl carbamates (subject to hydrolysis) is 1. The molecule has 5 nitrogen and oxygen atoms in total. The molecule has 1 atom stereocenters. The van der Waals surface area contributed by atoms with Gasteiger partial charge in [0.1, 0.15) is 6.10 Å². The number of aliphatic hydroxyl groups excluding tert-OH is 1. The number of nitrogens with zero attached hydrogens (tertiary/aromatic N) is 1. The molecule has 0 saturated heterocycles. The molecule has 0 fully saturated rings. The number of carbonyl (C=O) groups excluding carboxylic acids is 1. The summed E-state index contributed by atoms with van der Waals surface area (Å²) in [5, 5.41) is 12.5. The average molecular weight is 465 g/mol. The molecule has 0 aromatic carbocycles. The van der Waals surface area contributed by atoms with Crippen molar-refractivity contribution in [3.05, 3.63) is 0 Å². The van der Waals surface area contributed by atoms with Crippen LogP contribution in [0.25, 0.3) is 0 Å². The highest BCUT2D eigenvalue weighted by atomic mass is 19.3. The normalized spacial score (nSPS) is 12.8. The number of nitrogens with one attached hydrogen (secondary N) is 1. The van der Waals surface area contributed by atoms with Gasteiger partial charge in [-0.2, -0.15) is 0 Å². The van der Waals surface area contributed by atoms with Crippen molar-refractivity contribution in [3.8, 4) is 0 Å². The number of ether oxygens (including phenoxy) is 1. The van der Waals surface area contributed by atoms with Crippen molar-refractivity contribution < 1.29 is 23.4 Å². The van der Waals surface area contributed by atoms with Gasteiger partial charge in [-0.15, -0.1) is 0 Å². The number of carbonyl (C=O) groups is 1. The van der Waals surface area contributed by atoms with E-state index < -0.39 is 18.1 Å². The van der Waals surface area contributed by atoms with Gasteiger partial charge in [-0.05, 0) is 46.3 Å². The largest absolute Gasteiger partial charge is 0.450 e. The Labute approximate surface area is 195 Å². The molecular weight excluding hydrogens is 414 g/mol. The molecule has 1 amide bonds. The minimum atomic E-state index is -3.08. The zero-order valence-corrected chi connectivity index (χ0v) is 21.0. The number of hydrogen-bond acceptors (Lipinski definition) is 4. The Morgan fingerprint density at radius 2 is 1.44 bits per heavy atom. The zero-order chi connectivity index (χ0) is 24.1. The first-order valence-electron chi connectivity index (χ1n) is 12.9. The molecule has 192 valence electrons. The maximum absolute atomic E-state index is 14.1. The summed E-state index contributed by atoms with van der Waals surface area (Å²) in [6, 6.07) is 0. The molecule has 0 rings (SSSR count). The molecule has 0 radical (unpaired) electrons. The van der Waals surface area contributed by atoms with Crippen LogP contribution in [-0.2, 0) is 4.74 Å². The molecule has 0 spiro atoms. The molecule has 0 aliphatic carbocycles. The Morgan fingerprint density at radius 3 is 1.97 bits per heavy atom. The lowest BCUT2D eigenvalue weighted by Gasteiger charge is -2.22. The zero-order valence-electron chi connectivity index (χ0n) is 21.0. The number of unbranched alkanes of at least 4 members (excludes halogenated alkanes) is 11. The molecule has 7 heteroatoms. The van der Waals surface area contributed by atoms with Gasteiger partial charge in [-0.3, -0.25) is 0 Å². The Hall–Kier alpha value is -0.950. The van der Waals surface area contributed by atoms with E-state index in [0.29, 0.717) is 13.0 Å². The van der Waals surface area contributed by atoms with Crippen LogP contribution in [0.3, 0.4) is 0 Å². The van der Waals surface area contributed by atoms with E-state index >= 15 is 0 Å². The van der Waals surface area contributed by atoms with E-state index in [4.69, 9.17) is 4.74 Å². The second-order valence-electron chi connectivity index (χ2n) is 9.28. The monoisotopic (exact) mass is 464 g/mol. The van der Waals surface area contributed by atoms with Crippen LogP contribution in [0.15, 0.2) is 0 Å². The maximum atomic E-state index is 14.1. The molecule has 0 bridgehead atoms. The maximum Gasteiger partial charge on any atom is 0.407 e. The minimum Gasteiger partial charge on any atom is -0.450 e. The lowest BCUT2D eigenvalue weighted by Crippen LogP contribution is -2.34. The van der Waals surface area contributed by atoms with Crippen molar-refractivity contribution in [1.29, 1.82) is 0 Å². The van der Waals surface area contributed by atoms with Crippen molar-refractivity contribution in [2.24, 2.45) is 0 Å². The van der Waals surface area contributed by atoms with E-state index in [0.717, 1.165) is 32.2 Å². The third kappa shape index (κ3) is 19.7. The summed E-state index contributed by atoms with van der Waals surface area (Å²) in [7, 11) is 3.91. The fourth-order valence-electron chi connectivity index (χ4n) is 3.66. The SMILES string of the molecule is CCCCCCCCCCCCCCC(F)(F)C(O)CCCOC(=O)NCCCN(C)C. The molecule has 32 heavy (non-hydrogen) atoms. The average Bonchev–Trinajstić information content (AvgIpc) is 2.74. The van der Waals surface area contributed by atoms with Crippen LogP contribution in [-0.4, -0.2) is 61.9 Å². The molecule has 0 heterocycles. The van der Waals surface area contributed by atoms with E-state index in [-0.39, 0.29) is 25.9 Å². The van der Waals surface area contributed by atoms with Crippen molar-refractivity contribution in [2.45, 2.75) is 122 Å². The van der Waals surface area contributed by atoms with E-state index in [2.05, 4.69) is 12.2 Å². The number of rotatable bonds is 22. The molecular formula is C25H50F2N2O3. The summed E-state index contributed by atoms with van der Waals surface area (Å²) in [5.41, 5.74) is 0. The molecule has 0 aromatic heterocycles. The van der Waals surface area contributed by atoms with Crippen LogP contribution in [0.2, 0.25) is 0 Å². The number of hydrogen-bond donors (Lipinski definition) is 2. The molecule has 0 aliphatic rings. The second kappa shape index (κ2) is 20.6. The van der Waals surface area contributed by atoms with Crippen molar-refractivity contribution in [3.63, 3.8) is 0 Å². The van der Waals surface area contributed by atoms with Crippen molar-refractivity contribution in [2.75, 3.05) is 33.8 Å². The van der Waals surface area contributed by atoms with E-state index in [1.807, 2.05) is 19.0 Å². The van der Waals surface area contributed by atoms with Crippen LogP contribution in [0.4, 0.5) is 13.6 Å². The number of halogens is 2. The van der Waals surface area contributed by atoms with Crippen LogP contribution >= 0.6 is 0 Å². The van der Waals surface area contributed by atoms with E-state index in [1.54, 1.807) is 0 Å². The molecule has 1 unspecified atom stereocenters. The van der Waals surface area contributed by atoms with Crippen LogP contribution < -0.4 is 5.32 Å². The fraction of sp³-hybridized carbons (Fsp3) is 0.960. The van der Waals surface area contributed by atoms with Crippen molar-refractivity contribution >= 4 is 6.09 Å². The number of amides is 1. The highest BCUT2D eigenvalue weighted by molar-refractivity contribution is 5.66. The Kier molecular flexibility index (Phi) is 20.0. The quantitative estimate of drug-likeness (QED) is 0.179. The smallest absolute Gasteiger partial charge is 0.407 e. The number of aliphatic hydroxyl groups is 1. The van der Waals surface area contributed by atoms with Gasteiger partial charge in [0, 0.05) is 13.0 Å². The second-order valence-corrected chi connectivity index (χ2v) is 9.28. The van der Waals surface area contributed by atoms with Crippen LogP contribution in [0.5, 0.6) is 0 Å². The number of alkyl halides is 2. The summed E-state index contributed by atoms with van der Waals surface area (Å²) in [6.07, 6.45) is 12.1. The predicted molar refractivity (Wildman–Crippen MR) is 128 cm³/mol. The third-order valence-corrected chi connectivity index (χ3v) is 5.76. The minimum absolute atomic E-state index is 0.0330. The van der Waals surface area contributed by atoms with Crippen LogP contribution in [0, 0.1) is 0 Å². The summed E-state index contributed by atoms with van der Waals surface area (Å²) < 4.78 is 33.2. The third-order valence-electron chi connectivity index (χ3n) is 5.76. The molecule has 0 aliphatic heterocycles.